The van der Waals surface area contributed by atoms with E-state index in [1.807, 2.05) is 0 Å². The van der Waals surface area contributed by atoms with Crippen molar-refractivity contribution in [2.45, 2.75) is 44.3 Å². The highest BCUT2D eigenvalue weighted by Gasteiger charge is 2.47. The third kappa shape index (κ3) is 4.78. The first-order valence-corrected chi connectivity index (χ1v) is 14.8. The van der Waals surface area contributed by atoms with E-state index >= 15 is 4.39 Å². The van der Waals surface area contributed by atoms with Crippen molar-refractivity contribution in [3.63, 3.8) is 0 Å². The molecule has 11 heteroatoms. The number of hydrogen-bond donors (Lipinski definition) is 0. The van der Waals surface area contributed by atoms with Gasteiger partial charge in [-0.15, -0.1) is 0 Å². The summed E-state index contributed by atoms with van der Waals surface area (Å²) in [4.78, 5) is 39.6. The summed E-state index contributed by atoms with van der Waals surface area (Å²) < 4.78 is 21.4. The fourth-order valence-electron chi connectivity index (χ4n) is 6.85. The van der Waals surface area contributed by atoms with E-state index in [0.29, 0.717) is 32.0 Å². The van der Waals surface area contributed by atoms with Gasteiger partial charge in [0.25, 0.3) is 5.91 Å². The molecule has 4 aliphatic rings. The molecule has 9 nitrogen and oxygen atoms in total. The van der Waals surface area contributed by atoms with Gasteiger partial charge >= 0.3 is 0 Å². The van der Waals surface area contributed by atoms with Gasteiger partial charge in [0, 0.05) is 49.9 Å². The number of benzene rings is 1. The highest BCUT2D eigenvalue weighted by molar-refractivity contribution is 6.35. The number of pyridine rings is 1. The number of nitrogens with zero attached hydrogens (tertiary/aromatic N) is 6. The Morgan fingerprint density at radius 3 is 2.71 bits per heavy atom. The van der Waals surface area contributed by atoms with Crippen molar-refractivity contribution < 1.29 is 18.7 Å². The predicted molar refractivity (Wildman–Crippen MR) is 157 cm³/mol. The second-order valence-corrected chi connectivity index (χ2v) is 12.5. The maximum Gasteiger partial charge on any atom is 0.261 e. The van der Waals surface area contributed by atoms with Crippen molar-refractivity contribution in [2.24, 2.45) is 5.92 Å². The predicted octanol–water partition coefficient (Wildman–Crippen LogP) is 3.98. The number of carbonyl (C=O) groups is 2. The fourth-order valence-corrected chi connectivity index (χ4v) is 7.15. The summed E-state index contributed by atoms with van der Waals surface area (Å²) >= 11 is 6.92. The standard InChI is InChI=1S/C31H34ClFN6O3/c1-4-24(40)37-11-12-38-21(16-37)18-42-28-25(30(38)41)29(35-27(26(28)32)22-7-5-6-8-23(22)33)39-17-20(13-31(39,2)3)36-10-9-19(14-34)15-36/h4-8,19-21H,1,9-13,15-18H2,2-3H3/t19?,20?,21-/m1/s1. The Bertz CT molecular complexity index is 1490. The molecule has 0 radical (unpaired) electrons. The van der Waals surface area contributed by atoms with Gasteiger partial charge in [-0.1, -0.05) is 30.3 Å². The van der Waals surface area contributed by atoms with Crippen LogP contribution in [0, 0.1) is 23.1 Å². The largest absolute Gasteiger partial charge is 0.489 e. The van der Waals surface area contributed by atoms with E-state index < -0.39 is 17.4 Å². The van der Waals surface area contributed by atoms with Crippen LogP contribution in [0.25, 0.3) is 11.3 Å². The molecule has 2 amide bonds. The van der Waals surface area contributed by atoms with Crippen LogP contribution < -0.4 is 9.64 Å². The maximum atomic E-state index is 15.1. The molecule has 1 aromatic heterocycles. The van der Waals surface area contributed by atoms with Crippen LogP contribution in [0.4, 0.5) is 10.2 Å². The molecular weight excluding hydrogens is 559 g/mol. The molecule has 0 bridgehead atoms. The minimum absolute atomic E-state index is 0.0123. The number of halogens is 2. The van der Waals surface area contributed by atoms with Gasteiger partial charge in [-0.25, -0.2) is 9.37 Å². The average Bonchev–Trinajstić information content (AvgIpc) is 3.55. The Morgan fingerprint density at radius 1 is 1.21 bits per heavy atom. The molecule has 4 aliphatic heterocycles. The molecular formula is C31H34ClFN6O3. The van der Waals surface area contributed by atoms with E-state index in [2.05, 4.69) is 36.3 Å². The van der Waals surface area contributed by atoms with E-state index in [1.165, 1.54) is 12.1 Å². The van der Waals surface area contributed by atoms with Crippen LogP contribution in [0.3, 0.4) is 0 Å². The Balaban J connectivity index is 1.46. The first-order valence-electron chi connectivity index (χ1n) is 14.4. The molecule has 220 valence electrons. The topological polar surface area (TPSA) is 93.0 Å². The number of anilines is 1. The number of amides is 2. The number of piperazine rings is 1. The first kappa shape index (κ1) is 28.4. The number of likely N-dealkylation sites (tertiary alicyclic amines) is 1. The maximum absolute atomic E-state index is 15.1. The number of hydrogen-bond acceptors (Lipinski definition) is 7. The third-order valence-corrected chi connectivity index (χ3v) is 9.45. The van der Waals surface area contributed by atoms with Crippen LogP contribution in [0.2, 0.25) is 5.02 Å². The molecule has 0 saturated carbocycles. The average molecular weight is 593 g/mol. The lowest BCUT2D eigenvalue weighted by atomic mass is 9.98. The molecule has 6 rings (SSSR count). The van der Waals surface area contributed by atoms with Gasteiger partial charge in [-0.3, -0.25) is 14.5 Å². The van der Waals surface area contributed by atoms with Gasteiger partial charge in [-0.05, 0) is 51.4 Å². The van der Waals surface area contributed by atoms with Gasteiger partial charge in [0.05, 0.1) is 23.7 Å². The van der Waals surface area contributed by atoms with Crippen LogP contribution in [0.5, 0.6) is 5.75 Å². The number of fused-ring (bicyclic) bond motifs is 2. The Hall–Kier alpha value is -3.68. The van der Waals surface area contributed by atoms with Crippen molar-refractivity contribution in [2.75, 3.05) is 50.8 Å². The van der Waals surface area contributed by atoms with Crippen LogP contribution in [-0.2, 0) is 4.79 Å². The molecule has 0 aliphatic carbocycles. The van der Waals surface area contributed by atoms with Gasteiger partial charge in [0.15, 0.2) is 5.75 Å². The molecule has 2 unspecified atom stereocenters. The molecule has 3 fully saturated rings. The third-order valence-electron chi connectivity index (χ3n) is 9.10. The summed E-state index contributed by atoms with van der Waals surface area (Å²) in [5.74, 6) is -0.341. The van der Waals surface area contributed by atoms with Gasteiger partial charge in [-0.2, -0.15) is 5.26 Å². The lowest BCUT2D eigenvalue weighted by Gasteiger charge is -2.40. The van der Waals surface area contributed by atoms with Gasteiger partial charge in [0.1, 0.15) is 28.8 Å². The molecule has 42 heavy (non-hydrogen) atoms. The number of ether oxygens (including phenoxy) is 1. The number of nitriles is 1. The summed E-state index contributed by atoms with van der Waals surface area (Å²) in [6.45, 7) is 11.1. The SMILES string of the molecule is C=CC(=O)N1CCN2C(=O)c3c(N4CC(N5CCC(C#N)C5)CC4(C)C)nc(-c4ccccc4F)c(Cl)c3OC[C@H]2C1. The van der Waals surface area contributed by atoms with Crippen molar-refractivity contribution in [3.05, 3.63) is 53.3 Å². The van der Waals surface area contributed by atoms with Crippen LogP contribution >= 0.6 is 11.6 Å². The molecule has 0 spiro atoms. The van der Waals surface area contributed by atoms with Crippen molar-refractivity contribution in [1.82, 2.24) is 19.7 Å². The highest BCUT2D eigenvalue weighted by atomic mass is 35.5. The zero-order valence-corrected chi connectivity index (χ0v) is 24.6. The smallest absolute Gasteiger partial charge is 0.261 e. The second kappa shape index (κ2) is 10.9. The molecule has 0 N–H and O–H groups in total. The lowest BCUT2D eigenvalue weighted by Crippen LogP contribution is -2.57. The van der Waals surface area contributed by atoms with Crippen LogP contribution in [0.15, 0.2) is 36.9 Å². The molecule has 2 aromatic rings. The van der Waals surface area contributed by atoms with Gasteiger partial charge < -0.3 is 19.4 Å². The zero-order chi connectivity index (χ0) is 29.8. The van der Waals surface area contributed by atoms with Crippen molar-refractivity contribution in [1.29, 1.82) is 5.26 Å². The number of aromatic nitrogens is 1. The molecule has 3 atom stereocenters. The lowest BCUT2D eigenvalue weighted by molar-refractivity contribution is -0.128. The normalized spacial score (nSPS) is 25.4. The molecule has 3 saturated heterocycles. The van der Waals surface area contributed by atoms with E-state index in [-0.39, 0.29) is 58.0 Å². The first-order chi connectivity index (χ1) is 20.1. The van der Waals surface area contributed by atoms with E-state index in [0.717, 1.165) is 25.9 Å². The van der Waals surface area contributed by atoms with Crippen molar-refractivity contribution >= 4 is 29.2 Å². The quantitative estimate of drug-likeness (QED) is 0.496. The summed E-state index contributed by atoms with van der Waals surface area (Å²) in [6.07, 6.45) is 2.92. The fraction of sp³-hybridized carbons (Fsp3) is 0.484. The zero-order valence-electron chi connectivity index (χ0n) is 23.9. The number of carbonyl (C=O) groups excluding carboxylic acids is 2. The Kier molecular flexibility index (Phi) is 7.36. The summed E-state index contributed by atoms with van der Waals surface area (Å²) in [6, 6.07) is 8.45. The second-order valence-electron chi connectivity index (χ2n) is 12.1. The summed E-state index contributed by atoms with van der Waals surface area (Å²) in [5.41, 5.74) is 0.287. The Labute approximate surface area is 250 Å². The van der Waals surface area contributed by atoms with E-state index in [4.69, 9.17) is 21.3 Å². The minimum Gasteiger partial charge on any atom is -0.489 e. The van der Waals surface area contributed by atoms with Crippen LogP contribution in [-0.4, -0.2) is 95.0 Å². The van der Waals surface area contributed by atoms with Gasteiger partial charge in [0.2, 0.25) is 5.91 Å². The summed E-state index contributed by atoms with van der Waals surface area (Å²) in [5, 5.41) is 9.55. The van der Waals surface area contributed by atoms with E-state index in [1.54, 1.807) is 28.0 Å². The molecule has 5 heterocycles. The minimum atomic E-state index is -0.480. The Morgan fingerprint density at radius 2 is 2.00 bits per heavy atom. The van der Waals surface area contributed by atoms with E-state index in [9.17, 15) is 14.9 Å². The highest BCUT2D eigenvalue weighted by Crippen LogP contribution is 2.47. The number of rotatable bonds is 4. The molecule has 1 aromatic carbocycles. The van der Waals surface area contributed by atoms with Crippen molar-refractivity contribution in [3.8, 4) is 23.1 Å². The monoisotopic (exact) mass is 592 g/mol. The van der Waals surface area contributed by atoms with Crippen LogP contribution in [0.1, 0.15) is 37.0 Å². The summed E-state index contributed by atoms with van der Waals surface area (Å²) in [7, 11) is 0.